The highest BCUT2D eigenvalue weighted by Crippen LogP contribution is 2.25. The molecular weight excluding hydrogens is 1060 g/mol. The number of benzene rings is 4. The van der Waals surface area contributed by atoms with Gasteiger partial charge in [0.05, 0.1) is 6.04 Å². The van der Waals surface area contributed by atoms with Crippen LogP contribution in [0.2, 0.25) is 0 Å². The second-order valence-corrected chi connectivity index (χ2v) is 22.9. The minimum atomic E-state index is -1.32. The Morgan fingerprint density at radius 3 is 1.80 bits per heavy atom. The molecule has 1 saturated heterocycles. The van der Waals surface area contributed by atoms with Gasteiger partial charge in [-0.3, -0.25) is 38.4 Å². The number of rotatable bonds is 19. The van der Waals surface area contributed by atoms with Crippen LogP contribution in [0.25, 0.3) is 21.8 Å². The molecule has 0 unspecified atom stereocenters. The summed E-state index contributed by atoms with van der Waals surface area (Å²) in [5.74, 6) is -6.33. The number of carbonyl (C=O) groups excluding carboxylic acids is 8. The molecule has 80 heavy (non-hydrogen) atoms. The number of para-hydroxylation sites is 2. The van der Waals surface area contributed by atoms with E-state index >= 15 is 0 Å². The number of carbonyl (C=O) groups is 8. The van der Waals surface area contributed by atoms with Crippen molar-refractivity contribution in [2.45, 2.75) is 114 Å². The lowest BCUT2D eigenvalue weighted by atomic mass is 9.99. The Hall–Kier alpha value is -7.66. The monoisotopic (exact) mass is 1130 g/mol. The highest BCUT2D eigenvalue weighted by molar-refractivity contribution is 8.76. The van der Waals surface area contributed by atoms with Crippen molar-refractivity contribution in [2.24, 2.45) is 23.1 Å². The van der Waals surface area contributed by atoms with Gasteiger partial charge in [0, 0.05) is 71.0 Å². The molecule has 0 bridgehead atoms. The largest absolute Gasteiger partial charge is 0.370 e. The predicted octanol–water partition coefficient (Wildman–Crippen LogP) is 2.70. The van der Waals surface area contributed by atoms with Gasteiger partial charge in [-0.2, -0.15) is 0 Å². The number of H-pyrrole nitrogens is 2. The Morgan fingerprint density at radius 2 is 1.16 bits per heavy atom. The van der Waals surface area contributed by atoms with Crippen molar-refractivity contribution in [3.63, 3.8) is 0 Å². The fourth-order valence-corrected chi connectivity index (χ4v) is 11.9. The van der Waals surface area contributed by atoms with Gasteiger partial charge in [-0.25, -0.2) is 0 Å². The van der Waals surface area contributed by atoms with Crippen molar-refractivity contribution >= 4 is 90.7 Å². The molecule has 0 aliphatic carbocycles. The molecule has 20 nitrogen and oxygen atoms in total. The van der Waals surface area contributed by atoms with Gasteiger partial charge in [0.1, 0.15) is 36.3 Å². The third-order valence-electron chi connectivity index (χ3n) is 13.9. The average molecular weight is 1130 g/mol. The van der Waals surface area contributed by atoms with Gasteiger partial charge in [0.2, 0.25) is 47.3 Å². The number of amides is 8. The lowest BCUT2D eigenvalue weighted by molar-refractivity contribution is -0.136. The van der Waals surface area contributed by atoms with E-state index in [0.29, 0.717) is 30.5 Å². The van der Waals surface area contributed by atoms with Crippen molar-refractivity contribution in [1.29, 1.82) is 0 Å². The summed E-state index contributed by atoms with van der Waals surface area (Å²) in [7, 11) is 2.23. The summed E-state index contributed by atoms with van der Waals surface area (Å²) in [6.07, 6.45) is 4.62. The lowest BCUT2D eigenvalue weighted by Gasteiger charge is -2.29. The third-order valence-corrected chi connectivity index (χ3v) is 16.3. The van der Waals surface area contributed by atoms with Gasteiger partial charge in [-0.15, -0.1) is 0 Å². The summed E-state index contributed by atoms with van der Waals surface area (Å²) in [5.41, 5.74) is 22.7. The molecule has 1 fully saturated rings. The lowest BCUT2D eigenvalue weighted by Crippen LogP contribution is -2.61. The van der Waals surface area contributed by atoms with Gasteiger partial charge in [0.15, 0.2) is 0 Å². The van der Waals surface area contributed by atoms with E-state index in [1.807, 2.05) is 84.9 Å². The molecule has 8 atom stereocenters. The number of aromatic nitrogens is 2. The number of nitrogens with one attached hydrogen (secondary N) is 9. The fraction of sp³-hybridized carbons (Fsp3) is 0.379. The molecule has 1 aliphatic rings. The quantitative estimate of drug-likeness (QED) is 0.0412. The molecule has 15 N–H and O–H groups in total. The number of fused-ring (bicyclic) bond motifs is 2. The number of hydrogen-bond acceptors (Lipinski definition) is 12. The Labute approximate surface area is 472 Å². The Bertz CT molecular complexity index is 3080. The van der Waals surface area contributed by atoms with Crippen LogP contribution >= 0.6 is 21.6 Å². The maximum absolute atomic E-state index is 14.9. The summed E-state index contributed by atoms with van der Waals surface area (Å²) in [6.45, 7) is 3.75. The highest BCUT2D eigenvalue weighted by atomic mass is 33.1. The number of nitrogens with two attached hydrogens (primary N) is 3. The molecule has 0 radical (unpaired) electrons. The molecule has 6 aromatic rings. The SMILES string of the molecule is CC(C)[C@@H]1NC(=O)[C@H](CCCCN)NC(=O)[C@@H](Cc2c[nH]c3ccccc23)NC(=O)[C@H](Cc2ccccc2)NC(=O)[C@@H](NC(=O)[C@H](N)Cc2ccccc2)CSSC[C@@H](C(=O)N[C@@H](CC(N)=O)Cc2c[nH]c3ccccc23)NC1=O. The third kappa shape index (κ3) is 17.2. The summed E-state index contributed by atoms with van der Waals surface area (Å²) in [6, 6.07) is 23.6. The summed E-state index contributed by atoms with van der Waals surface area (Å²) in [5, 5.41) is 21.7. The standard InChI is InChI=1S/C58H72N12O8S2/c1-34(2)51-58(78)69-48(56(76)64-39(29-50(61)71)27-37-30-62-43-21-11-9-19-40(37)43)32-79-80-33-49(68-52(72)42(60)25-35-15-5-3-6-16-35)57(77)66-46(26-36-17-7-4-8-18-36)54(74)67-47(28-38-31-63-44-22-12-10-20-41(38)44)55(75)65-45(53(73)70-51)23-13-14-24-59/h3-12,15-22,30-31,34,39,42,45-49,51,62-63H,13-14,23-29,32-33,59-60H2,1-2H3,(H2,61,71)(H,64,76)(H,65,75)(H,66,77)(H,67,74)(H,68,72)(H,69,78)(H,70,73)/t39-,42-,45+,46+,47-,48+,49+,51+/m1/s1. The molecule has 4 aromatic carbocycles. The first-order valence-corrected chi connectivity index (χ1v) is 29.3. The molecule has 22 heteroatoms. The first kappa shape index (κ1) is 60.0. The number of primary amides is 1. The fourth-order valence-electron chi connectivity index (χ4n) is 9.54. The van der Waals surface area contributed by atoms with E-state index in [4.69, 9.17) is 17.2 Å². The van der Waals surface area contributed by atoms with E-state index in [2.05, 4.69) is 47.2 Å². The summed E-state index contributed by atoms with van der Waals surface area (Å²) < 4.78 is 0. The highest BCUT2D eigenvalue weighted by Gasteiger charge is 2.36. The zero-order valence-electron chi connectivity index (χ0n) is 44.8. The van der Waals surface area contributed by atoms with Crippen LogP contribution in [0.15, 0.2) is 122 Å². The van der Waals surface area contributed by atoms with E-state index in [1.54, 1.807) is 50.5 Å². The van der Waals surface area contributed by atoms with Crippen LogP contribution in [0.3, 0.4) is 0 Å². The molecule has 0 saturated carbocycles. The Balaban J connectivity index is 1.25. The van der Waals surface area contributed by atoms with E-state index in [9.17, 15) is 38.4 Å². The molecular formula is C58H72N12O8S2. The smallest absolute Gasteiger partial charge is 0.244 e. The van der Waals surface area contributed by atoms with E-state index < -0.39 is 102 Å². The maximum atomic E-state index is 14.9. The first-order valence-electron chi connectivity index (χ1n) is 26.9. The van der Waals surface area contributed by atoms with Crippen molar-refractivity contribution in [2.75, 3.05) is 18.1 Å². The topological polar surface area (TPSA) is 330 Å². The number of unbranched alkanes of at least 4 members (excludes halogenated alkanes) is 1. The Kier molecular flexibility index (Phi) is 22.1. The zero-order chi connectivity index (χ0) is 57.1. The molecule has 7 rings (SSSR count). The second-order valence-electron chi connectivity index (χ2n) is 20.4. The maximum Gasteiger partial charge on any atom is 0.244 e. The van der Waals surface area contributed by atoms with Crippen LogP contribution in [0, 0.1) is 5.92 Å². The van der Waals surface area contributed by atoms with Crippen LogP contribution in [-0.4, -0.2) is 124 Å². The Morgan fingerprint density at radius 1 is 0.613 bits per heavy atom. The van der Waals surface area contributed by atoms with E-state index in [1.165, 1.54) is 0 Å². The van der Waals surface area contributed by atoms with E-state index in [-0.39, 0.29) is 50.0 Å². The zero-order valence-corrected chi connectivity index (χ0v) is 46.5. The van der Waals surface area contributed by atoms with Crippen molar-refractivity contribution in [3.8, 4) is 0 Å². The van der Waals surface area contributed by atoms with Crippen molar-refractivity contribution < 1.29 is 38.4 Å². The molecule has 0 spiro atoms. The van der Waals surface area contributed by atoms with Gasteiger partial charge >= 0.3 is 0 Å². The first-order chi connectivity index (χ1) is 38.6. The summed E-state index contributed by atoms with van der Waals surface area (Å²) in [4.78, 5) is 121. The minimum absolute atomic E-state index is 0.0236. The van der Waals surface area contributed by atoms with Gasteiger partial charge < -0.3 is 64.4 Å². The van der Waals surface area contributed by atoms with Gasteiger partial charge in [-0.1, -0.05) is 132 Å². The van der Waals surface area contributed by atoms with Crippen LogP contribution in [0.4, 0.5) is 0 Å². The van der Waals surface area contributed by atoms with Gasteiger partial charge in [0.25, 0.3) is 0 Å². The number of aromatic amines is 2. The van der Waals surface area contributed by atoms with Crippen molar-refractivity contribution in [1.82, 2.24) is 47.2 Å². The van der Waals surface area contributed by atoms with Crippen LogP contribution < -0.4 is 54.4 Å². The van der Waals surface area contributed by atoms with E-state index in [0.717, 1.165) is 54.5 Å². The summed E-state index contributed by atoms with van der Waals surface area (Å²) >= 11 is 0. The van der Waals surface area contributed by atoms with Crippen molar-refractivity contribution in [3.05, 3.63) is 144 Å². The molecule has 8 amide bonds. The minimum Gasteiger partial charge on any atom is -0.370 e. The number of hydrogen-bond donors (Lipinski definition) is 12. The molecule has 424 valence electrons. The van der Waals surface area contributed by atoms with Crippen LogP contribution in [0.1, 0.15) is 61.8 Å². The second kappa shape index (κ2) is 29.5. The normalized spacial score (nSPS) is 20.8. The average Bonchev–Trinajstić information content (AvgIpc) is 4.08. The van der Waals surface area contributed by atoms with Crippen LogP contribution in [0.5, 0.6) is 0 Å². The predicted molar refractivity (Wildman–Crippen MR) is 312 cm³/mol. The molecule has 3 heterocycles. The molecule has 1 aliphatic heterocycles. The molecule has 2 aromatic heterocycles. The van der Waals surface area contributed by atoms with Crippen LogP contribution in [-0.2, 0) is 64.0 Å². The van der Waals surface area contributed by atoms with Gasteiger partial charge in [-0.05, 0) is 79.0 Å².